The number of hydrogen-bond acceptors (Lipinski definition) is 5. The van der Waals surface area contributed by atoms with Gasteiger partial charge in [0, 0.05) is 38.4 Å². The number of hydrogen-bond donors (Lipinski definition) is 1. The van der Waals surface area contributed by atoms with Gasteiger partial charge in [-0.3, -0.25) is 19.3 Å². The molecule has 0 aliphatic carbocycles. The predicted molar refractivity (Wildman–Crippen MR) is 134 cm³/mol. The molecule has 0 aromatic rings. The van der Waals surface area contributed by atoms with Crippen LogP contribution in [0, 0.1) is 11.8 Å². The second-order valence-corrected chi connectivity index (χ2v) is 9.61. The maximum absolute atomic E-state index is 11.0. The molecule has 0 bridgehead atoms. The van der Waals surface area contributed by atoms with E-state index in [9.17, 15) is 14.4 Å². The number of carbonyl (C=O) groups is 3. The molecule has 0 aromatic carbocycles. The van der Waals surface area contributed by atoms with E-state index in [0.29, 0.717) is 18.2 Å². The van der Waals surface area contributed by atoms with Crippen LogP contribution in [0.2, 0.25) is 0 Å². The van der Waals surface area contributed by atoms with E-state index in [-0.39, 0.29) is 13.0 Å². The Labute approximate surface area is 193 Å². The normalized spacial score (nSPS) is 17.5. The lowest BCUT2D eigenvalue weighted by atomic mass is 10.0. The third kappa shape index (κ3) is 24.8. The zero-order valence-electron chi connectivity index (χ0n) is 22.5. The maximum atomic E-state index is 11.0. The molecule has 0 spiro atoms. The SMILES string of the molecule is C=CC(C)=O.CC(=O)CCNCCCC(C)C.CC(C)C.O=C1CCN2CCCC2C1.[H+]. The molecule has 2 aliphatic rings. The Morgan fingerprint density at radius 3 is 2.23 bits per heavy atom. The Bertz CT molecular complexity index is 505. The standard InChI is InChI=1S/C10H21NO.C8H13NO.C4H6O.C4H10/c1-9(2)5-4-7-11-8-6-10(3)12;10-8-3-5-9-4-1-2-7(9)6-8;1-3-4(2)5;1-4(2)3/h9,11H,4-8H2,1-3H3;7H,1-6H2;3H,1H2,2H3;4H,1-3H3/p+1. The molecule has 1 N–H and O–H groups in total. The molecule has 0 saturated carbocycles. The predicted octanol–water partition coefficient (Wildman–Crippen LogP) is 5.34. The summed E-state index contributed by atoms with van der Waals surface area (Å²) in [7, 11) is 0. The van der Waals surface area contributed by atoms with Crippen LogP contribution in [0.4, 0.5) is 0 Å². The molecule has 182 valence electrons. The molecule has 2 aliphatic heterocycles. The second-order valence-electron chi connectivity index (χ2n) is 9.61. The Balaban J connectivity index is -0.000000379. The van der Waals surface area contributed by atoms with Crippen molar-refractivity contribution in [2.75, 3.05) is 26.2 Å². The van der Waals surface area contributed by atoms with E-state index < -0.39 is 0 Å². The Hall–Kier alpha value is -1.33. The molecule has 31 heavy (non-hydrogen) atoms. The van der Waals surface area contributed by atoms with Crippen LogP contribution in [0.25, 0.3) is 0 Å². The first kappa shape index (κ1) is 31.9. The largest absolute Gasteiger partial charge is 1.00 e. The molecule has 2 fully saturated rings. The van der Waals surface area contributed by atoms with Crippen LogP contribution in [0.1, 0.15) is 94.8 Å². The van der Waals surface area contributed by atoms with Gasteiger partial charge in [0.05, 0.1) is 0 Å². The van der Waals surface area contributed by atoms with Crippen molar-refractivity contribution in [2.45, 2.75) is 99.5 Å². The minimum atomic E-state index is 0. The van der Waals surface area contributed by atoms with Crippen LogP contribution >= 0.6 is 0 Å². The van der Waals surface area contributed by atoms with Crippen molar-refractivity contribution < 1.29 is 15.8 Å². The van der Waals surface area contributed by atoms with E-state index in [1.54, 1.807) is 6.92 Å². The summed E-state index contributed by atoms with van der Waals surface area (Å²) >= 11 is 0. The molecule has 1 unspecified atom stereocenters. The minimum absolute atomic E-state index is 0. The molecule has 2 heterocycles. The summed E-state index contributed by atoms with van der Waals surface area (Å²) in [6, 6.07) is 0.626. The fourth-order valence-corrected chi connectivity index (χ4v) is 3.08. The van der Waals surface area contributed by atoms with Crippen molar-refractivity contribution in [2.24, 2.45) is 11.8 Å². The molecule has 0 amide bonds. The number of Topliss-reactive ketones (excluding diaryl/α,β-unsaturated/α-hetero) is 2. The van der Waals surface area contributed by atoms with Crippen molar-refractivity contribution >= 4 is 17.3 Å². The fraction of sp³-hybridized carbons (Fsp3) is 0.808. The van der Waals surface area contributed by atoms with Gasteiger partial charge in [-0.1, -0.05) is 41.2 Å². The Kier molecular flexibility index (Phi) is 21.1. The molecule has 5 nitrogen and oxygen atoms in total. The van der Waals surface area contributed by atoms with E-state index in [0.717, 1.165) is 44.3 Å². The highest BCUT2D eigenvalue weighted by atomic mass is 16.1. The van der Waals surface area contributed by atoms with Crippen molar-refractivity contribution in [3.8, 4) is 0 Å². The van der Waals surface area contributed by atoms with Crippen molar-refractivity contribution in [1.29, 1.82) is 0 Å². The van der Waals surface area contributed by atoms with Gasteiger partial charge in [0.15, 0.2) is 5.78 Å². The van der Waals surface area contributed by atoms with Crippen LogP contribution in [-0.2, 0) is 14.4 Å². The van der Waals surface area contributed by atoms with Crippen LogP contribution in [0.3, 0.4) is 0 Å². The number of allylic oxidation sites excluding steroid dienone is 1. The number of piperidine rings is 1. The number of rotatable bonds is 8. The molecule has 2 saturated heterocycles. The van der Waals surface area contributed by atoms with Crippen LogP contribution in [0.5, 0.6) is 0 Å². The zero-order valence-corrected chi connectivity index (χ0v) is 21.5. The quantitative estimate of drug-likeness (QED) is 0.408. The highest BCUT2D eigenvalue weighted by Crippen LogP contribution is 2.24. The highest BCUT2D eigenvalue weighted by Gasteiger charge is 2.30. The van der Waals surface area contributed by atoms with Gasteiger partial charge in [0.1, 0.15) is 11.6 Å². The van der Waals surface area contributed by atoms with Gasteiger partial charge >= 0.3 is 1.43 Å². The molecule has 5 heteroatoms. The second kappa shape index (κ2) is 20.6. The van der Waals surface area contributed by atoms with E-state index in [4.69, 9.17) is 0 Å². The molecule has 0 radical (unpaired) electrons. The monoisotopic (exact) mass is 439 g/mol. The molecule has 1 atom stereocenters. The summed E-state index contributed by atoms with van der Waals surface area (Å²) in [6.45, 7) is 21.4. The Morgan fingerprint density at radius 2 is 1.74 bits per heavy atom. The minimum Gasteiger partial charge on any atom is -0.316 e. The lowest BCUT2D eigenvalue weighted by Gasteiger charge is -2.27. The number of nitrogens with zero attached hydrogens (tertiary/aromatic N) is 1. The lowest BCUT2D eigenvalue weighted by molar-refractivity contribution is -0.122. The summed E-state index contributed by atoms with van der Waals surface area (Å²) in [4.78, 5) is 33.7. The average molecular weight is 440 g/mol. The summed E-state index contributed by atoms with van der Waals surface area (Å²) in [5.41, 5.74) is 0. The number of ketones is 3. The van der Waals surface area contributed by atoms with Gasteiger partial charge in [-0.2, -0.15) is 0 Å². The first-order chi connectivity index (χ1) is 14.5. The fourth-order valence-electron chi connectivity index (χ4n) is 3.08. The number of nitrogens with one attached hydrogen (secondary N) is 1. The van der Waals surface area contributed by atoms with Gasteiger partial charge in [0.25, 0.3) is 0 Å². The first-order valence-corrected chi connectivity index (χ1v) is 12.1. The average Bonchev–Trinajstić information content (AvgIpc) is 3.12. The molecular weight excluding hydrogens is 388 g/mol. The van der Waals surface area contributed by atoms with Crippen molar-refractivity contribution in [3.05, 3.63) is 12.7 Å². The van der Waals surface area contributed by atoms with E-state index in [2.05, 4.69) is 51.4 Å². The summed E-state index contributed by atoms with van der Waals surface area (Å²) in [6.07, 6.45) is 8.63. The number of fused-ring (bicyclic) bond motifs is 1. The molecule has 0 aromatic heterocycles. The van der Waals surface area contributed by atoms with Gasteiger partial charge in [-0.25, -0.2) is 0 Å². The van der Waals surface area contributed by atoms with Gasteiger partial charge < -0.3 is 5.32 Å². The smallest absolute Gasteiger partial charge is 0.316 e. The van der Waals surface area contributed by atoms with Crippen molar-refractivity contribution in [1.82, 2.24) is 10.2 Å². The van der Waals surface area contributed by atoms with Gasteiger partial charge in [-0.05, 0) is 70.5 Å². The molecular formula is C26H51N2O3+. The zero-order chi connectivity index (χ0) is 24.2. The maximum Gasteiger partial charge on any atom is 1.00 e. The summed E-state index contributed by atoms with van der Waals surface area (Å²) < 4.78 is 0. The van der Waals surface area contributed by atoms with Crippen LogP contribution in [-0.4, -0.2) is 54.5 Å². The number of carbonyl (C=O) groups excluding carboxylic acids is 3. The third-order valence-corrected chi connectivity index (χ3v) is 4.72. The third-order valence-electron chi connectivity index (χ3n) is 4.72. The van der Waals surface area contributed by atoms with Crippen LogP contribution < -0.4 is 5.32 Å². The summed E-state index contributed by atoms with van der Waals surface area (Å²) in [5, 5.41) is 3.25. The van der Waals surface area contributed by atoms with Gasteiger partial charge in [-0.15, -0.1) is 0 Å². The first-order valence-electron chi connectivity index (χ1n) is 12.1. The van der Waals surface area contributed by atoms with E-state index >= 15 is 0 Å². The Morgan fingerprint density at radius 1 is 1.16 bits per heavy atom. The van der Waals surface area contributed by atoms with Crippen molar-refractivity contribution in [3.63, 3.8) is 0 Å². The van der Waals surface area contributed by atoms with Gasteiger partial charge in [0.2, 0.25) is 0 Å². The van der Waals surface area contributed by atoms with E-state index in [1.807, 2.05) is 0 Å². The van der Waals surface area contributed by atoms with Crippen LogP contribution in [0.15, 0.2) is 12.7 Å². The topological polar surface area (TPSA) is 66.5 Å². The highest BCUT2D eigenvalue weighted by molar-refractivity contribution is 5.86. The molecule has 2 rings (SSSR count). The van der Waals surface area contributed by atoms with E-state index in [1.165, 1.54) is 45.2 Å². The summed E-state index contributed by atoms with van der Waals surface area (Å²) in [5.74, 6) is 2.39. The lowest BCUT2D eigenvalue weighted by Crippen LogP contribution is -2.37.